The van der Waals surface area contributed by atoms with Crippen LogP contribution in [0.5, 0.6) is 11.5 Å². The van der Waals surface area contributed by atoms with Crippen molar-refractivity contribution in [3.63, 3.8) is 0 Å². The molecule has 6 nitrogen and oxygen atoms in total. The van der Waals surface area contributed by atoms with Gasteiger partial charge in [-0.15, -0.1) is 0 Å². The highest BCUT2D eigenvalue weighted by atomic mass is 16.7. The van der Waals surface area contributed by atoms with Gasteiger partial charge >= 0.3 is 0 Å². The minimum absolute atomic E-state index is 0.170. The summed E-state index contributed by atoms with van der Waals surface area (Å²) in [6.07, 6.45) is 7.66. The second-order valence-corrected chi connectivity index (χ2v) is 8.12. The Labute approximate surface area is 167 Å². The third-order valence-electron chi connectivity index (χ3n) is 6.23. The fourth-order valence-electron chi connectivity index (χ4n) is 4.75. The monoisotopic (exact) mass is 388 g/mol. The third-order valence-corrected chi connectivity index (χ3v) is 6.23. The van der Waals surface area contributed by atoms with Crippen molar-refractivity contribution in [3.05, 3.63) is 23.3 Å². The van der Waals surface area contributed by atoms with Gasteiger partial charge in [0.2, 0.25) is 6.79 Å². The summed E-state index contributed by atoms with van der Waals surface area (Å²) in [6, 6.07) is 4.90. The lowest BCUT2D eigenvalue weighted by atomic mass is 9.92. The second kappa shape index (κ2) is 9.25. The van der Waals surface area contributed by atoms with E-state index in [2.05, 4.69) is 29.3 Å². The van der Waals surface area contributed by atoms with E-state index in [1.54, 1.807) is 0 Å². The molecule has 2 fully saturated rings. The Kier molecular flexibility index (Phi) is 6.50. The predicted octanol–water partition coefficient (Wildman–Crippen LogP) is 2.84. The summed E-state index contributed by atoms with van der Waals surface area (Å²) in [5.41, 5.74) is 2.59. The molecule has 0 aliphatic carbocycles. The van der Waals surface area contributed by atoms with Gasteiger partial charge in [0.05, 0.1) is 13.2 Å². The van der Waals surface area contributed by atoms with Crippen LogP contribution in [0.15, 0.2) is 12.1 Å². The summed E-state index contributed by atoms with van der Waals surface area (Å²) in [7, 11) is 0. The maximum atomic E-state index is 11.2. The van der Waals surface area contributed by atoms with Crippen LogP contribution in [0.3, 0.4) is 0 Å². The number of hydrogen-bond acceptors (Lipinski definition) is 6. The molecule has 0 amide bonds. The Morgan fingerprint density at radius 1 is 1.29 bits per heavy atom. The second-order valence-electron chi connectivity index (χ2n) is 8.12. The SMILES string of the molecule is CCCCc1cc(C2CC(CCC3NCCO3)N(CC=O)C2)cc2c1OCO2. The van der Waals surface area contributed by atoms with Gasteiger partial charge in [-0.25, -0.2) is 0 Å². The normalized spacial score (nSPS) is 26.8. The Morgan fingerprint density at radius 3 is 3.00 bits per heavy atom. The number of ether oxygens (including phenoxy) is 3. The Bertz CT molecular complexity index is 675. The molecule has 1 aromatic rings. The largest absolute Gasteiger partial charge is 0.454 e. The molecule has 3 aliphatic heterocycles. The molecule has 0 radical (unpaired) electrons. The van der Waals surface area contributed by atoms with Crippen LogP contribution in [-0.2, 0) is 16.0 Å². The number of rotatable bonds is 9. The summed E-state index contributed by atoms with van der Waals surface area (Å²) in [5.74, 6) is 2.25. The third kappa shape index (κ3) is 4.34. The number of carbonyl (C=O) groups excluding carboxylic acids is 1. The van der Waals surface area contributed by atoms with Gasteiger partial charge in [-0.2, -0.15) is 0 Å². The number of carbonyl (C=O) groups is 1. The zero-order valence-corrected chi connectivity index (χ0v) is 16.8. The van der Waals surface area contributed by atoms with Crippen LogP contribution >= 0.6 is 0 Å². The van der Waals surface area contributed by atoms with E-state index < -0.39 is 0 Å². The smallest absolute Gasteiger partial charge is 0.231 e. The first-order valence-electron chi connectivity index (χ1n) is 10.7. The average molecular weight is 389 g/mol. The highest BCUT2D eigenvalue weighted by molar-refractivity contribution is 5.53. The zero-order valence-electron chi connectivity index (χ0n) is 16.8. The molecule has 3 aliphatic rings. The van der Waals surface area contributed by atoms with Crippen LogP contribution < -0.4 is 14.8 Å². The standard InChI is InChI=1S/C22H32N2O4/c1-2-3-4-16-11-17(13-20-22(16)28-15-27-20)18-12-19(24(14-18)8-9-25)5-6-21-23-7-10-26-21/h9,11,13,18-19,21,23H,2-8,10,12,14-15H2,1H3. The van der Waals surface area contributed by atoms with Crippen molar-refractivity contribution in [3.8, 4) is 11.5 Å². The van der Waals surface area contributed by atoms with Crippen LogP contribution in [0.2, 0.25) is 0 Å². The van der Waals surface area contributed by atoms with Gasteiger partial charge in [0.15, 0.2) is 11.5 Å². The number of likely N-dealkylation sites (tertiary alicyclic amines) is 1. The lowest BCUT2D eigenvalue weighted by Crippen LogP contribution is -2.33. The number of fused-ring (bicyclic) bond motifs is 1. The van der Waals surface area contributed by atoms with Gasteiger partial charge in [-0.05, 0) is 55.2 Å². The van der Waals surface area contributed by atoms with E-state index in [0.29, 0.717) is 25.3 Å². The fourth-order valence-corrected chi connectivity index (χ4v) is 4.75. The summed E-state index contributed by atoms with van der Waals surface area (Å²) < 4.78 is 17.1. The van der Waals surface area contributed by atoms with Crippen LogP contribution in [-0.4, -0.2) is 56.5 Å². The van der Waals surface area contributed by atoms with Gasteiger partial charge in [-0.1, -0.05) is 19.4 Å². The summed E-state index contributed by atoms with van der Waals surface area (Å²) in [6.45, 7) is 5.70. The minimum atomic E-state index is 0.170. The Morgan fingerprint density at radius 2 is 2.21 bits per heavy atom. The molecule has 2 saturated heterocycles. The first-order chi connectivity index (χ1) is 13.8. The zero-order chi connectivity index (χ0) is 19.3. The maximum Gasteiger partial charge on any atom is 0.231 e. The van der Waals surface area contributed by atoms with Crippen molar-refractivity contribution in [2.45, 2.75) is 63.6 Å². The van der Waals surface area contributed by atoms with Gasteiger partial charge in [0.25, 0.3) is 0 Å². The van der Waals surface area contributed by atoms with Crippen LogP contribution in [0.1, 0.15) is 56.1 Å². The highest BCUT2D eigenvalue weighted by Crippen LogP contribution is 2.42. The van der Waals surface area contributed by atoms with Crippen LogP contribution in [0, 0.1) is 0 Å². The minimum Gasteiger partial charge on any atom is -0.454 e. The van der Waals surface area contributed by atoms with Crippen molar-refractivity contribution in [1.82, 2.24) is 10.2 Å². The molecule has 1 aromatic carbocycles. The van der Waals surface area contributed by atoms with Gasteiger partial charge < -0.3 is 19.0 Å². The van der Waals surface area contributed by atoms with Crippen molar-refractivity contribution in [1.29, 1.82) is 0 Å². The number of unbranched alkanes of at least 4 members (excludes halogenated alkanes) is 1. The van der Waals surface area contributed by atoms with E-state index in [9.17, 15) is 4.79 Å². The molecule has 154 valence electrons. The van der Waals surface area contributed by atoms with Crippen LogP contribution in [0.4, 0.5) is 0 Å². The molecule has 6 heteroatoms. The van der Waals surface area contributed by atoms with Crippen molar-refractivity contribution in [2.24, 2.45) is 0 Å². The van der Waals surface area contributed by atoms with E-state index in [0.717, 1.165) is 76.0 Å². The van der Waals surface area contributed by atoms with Gasteiger partial charge in [-0.3, -0.25) is 10.2 Å². The lowest BCUT2D eigenvalue weighted by Gasteiger charge is -2.23. The molecule has 0 saturated carbocycles. The topological polar surface area (TPSA) is 60.0 Å². The summed E-state index contributed by atoms with van der Waals surface area (Å²) in [4.78, 5) is 13.6. The number of nitrogens with one attached hydrogen (secondary N) is 1. The molecule has 0 bridgehead atoms. The highest BCUT2D eigenvalue weighted by Gasteiger charge is 2.34. The Balaban J connectivity index is 1.47. The molecule has 3 atom stereocenters. The number of aryl methyl sites for hydroxylation is 1. The van der Waals surface area contributed by atoms with E-state index in [4.69, 9.17) is 14.2 Å². The molecule has 28 heavy (non-hydrogen) atoms. The van der Waals surface area contributed by atoms with E-state index in [1.165, 1.54) is 11.1 Å². The van der Waals surface area contributed by atoms with Crippen molar-refractivity contribution < 1.29 is 19.0 Å². The summed E-state index contributed by atoms with van der Waals surface area (Å²) in [5, 5.41) is 3.38. The molecule has 1 N–H and O–H groups in total. The van der Waals surface area contributed by atoms with Crippen molar-refractivity contribution >= 4 is 6.29 Å². The molecule has 3 unspecified atom stereocenters. The lowest BCUT2D eigenvalue weighted by molar-refractivity contribution is -0.109. The molecule has 4 rings (SSSR count). The fraction of sp³-hybridized carbons (Fsp3) is 0.682. The van der Waals surface area contributed by atoms with E-state index in [-0.39, 0.29) is 6.23 Å². The Hall–Kier alpha value is -1.63. The number of nitrogens with zero attached hydrogens (tertiary/aromatic N) is 1. The predicted molar refractivity (Wildman–Crippen MR) is 107 cm³/mol. The summed E-state index contributed by atoms with van der Waals surface area (Å²) >= 11 is 0. The first kappa shape index (κ1) is 19.7. The molecule has 0 spiro atoms. The van der Waals surface area contributed by atoms with E-state index >= 15 is 0 Å². The molecule has 0 aromatic heterocycles. The first-order valence-corrected chi connectivity index (χ1v) is 10.7. The number of hydrogen-bond donors (Lipinski definition) is 1. The average Bonchev–Trinajstić information content (AvgIpc) is 3.45. The molecular formula is C22H32N2O4. The van der Waals surface area contributed by atoms with Gasteiger partial charge in [0, 0.05) is 19.1 Å². The quantitative estimate of drug-likeness (QED) is 0.657. The van der Waals surface area contributed by atoms with E-state index in [1.807, 2.05) is 0 Å². The maximum absolute atomic E-state index is 11.2. The number of benzene rings is 1. The number of aldehydes is 1. The van der Waals surface area contributed by atoms with Crippen molar-refractivity contribution in [2.75, 3.05) is 33.0 Å². The molecular weight excluding hydrogens is 356 g/mol. The van der Waals surface area contributed by atoms with Gasteiger partial charge in [0.1, 0.15) is 12.5 Å². The van der Waals surface area contributed by atoms with Crippen LogP contribution in [0.25, 0.3) is 0 Å². The molecule has 3 heterocycles.